The maximum Gasteiger partial charge on any atom is 0.321 e. The van der Waals surface area contributed by atoms with Gasteiger partial charge < -0.3 is 10.2 Å². The highest BCUT2D eigenvalue weighted by Gasteiger charge is 2.61. The van der Waals surface area contributed by atoms with Gasteiger partial charge in [0.25, 0.3) is 0 Å². The number of hydrogen-bond donors (Lipinski definition) is 2. The molecule has 2 saturated heterocycles. The van der Waals surface area contributed by atoms with Crippen LogP contribution >= 0.6 is 0 Å². The van der Waals surface area contributed by atoms with E-state index in [9.17, 15) is 14.0 Å². The molecule has 3 unspecified atom stereocenters. The van der Waals surface area contributed by atoms with Crippen LogP contribution in [0.15, 0.2) is 18.5 Å². The molecule has 1 aliphatic carbocycles. The third-order valence-corrected chi connectivity index (χ3v) is 5.13. The van der Waals surface area contributed by atoms with Crippen LogP contribution in [0.25, 0.3) is 5.65 Å². The van der Waals surface area contributed by atoms with Crippen molar-refractivity contribution in [1.82, 2.24) is 25.2 Å². The Hall–Kier alpha value is -2.71. The fourth-order valence-corrected chi connectivity index (χ4v) is 3.70. The number of imide groups is 1. The molecule has 9 heteroatoms. The van der Waals surface area contributed by atoms with Crippen LogP contribution in [0.5, 0.6) is 0 Å². The normalized spacial score (nSPS) is 31.8. The molecule has 3 atom stereocenters. The lowest BCUT2D eigenvalue weighted by atomic mass is 10.0. The fraction of sp³-hybridized carbons (Fsp3) is 0.467. The van der Waals surface area contributed by atoms with E-state index in [2.05, 4.69) is 20.7 Å². The predicted molar refractivity (Wildman–Crippen MR) is 81.4 cm³/mol. The molecule has 3 aliphatic rings. The van der Waals surface area contributed by atoms with Crippen LogP contribution in [0.4, 0.5) is 14.9 Å². The molecule has 2 aromatic heterocycles. The number of carbonyl (C=O) groups is 2. The molecule has 2 aromatic rings. The number of hydrogen-bond acceptors (Lipinski definition) is 5. The first-order valence-electron chi connectivity index (χ1n) is 7.90. The first-order valence-corrected chi connectivity index (χ1v) is 7.90. The molecule has 0 bridgehead atoms. The lowest BCUT2D eigenvalue weighted by Gasteiger charge is -2.25. The van der Waals surface area contributed by atoms with Crippen molar-refractivity contribution in [2.24, 2.45) is 5.92 Å². The van der Waals surface area contributed by atoms with Crippen LogP contribution < -0.4 is 15.5 Å². The highest BCUT2D eigenvalue weighted by Crippen LogP contribution is 2.53. The Balaban J connectivity index is 1.56. The Labute approximate surface area is 136 Å². The van der Waals surface area contributed by atoms with Gasteiger partial charge in [-0.2, -0.15) is 5.10 Å². The van der Waals surface area contributed by atoms with Crippen molar-refractivity contribution in [2.75, 3.05) is 24.5 Å². The van der Waals surface area contributed by atoms with E-state index in [0.717, 1.165) is 5.69 Å². The van der Waals surface area contributed by atoms with Crippen LogP contribution in [0.3, 0.4) is 0 Å². The first-order chi connectivity index (χ1) is 11.5. The van der Waals surface area contributed by atoms with Gasteiger partial charge in [0.05, 0.1) is 23.8 Å². The summed E-state index contributed by atoms with van der Waals surface area (Å²) in [6, 6.07) is 1.29. The summed E-state index contributed by atoms with van der Waals surface area (Å²) in [7, 11) is 0. The van der Waals surface area contributed by atoms with E-state index in [-0.39, 0.29) is 18.4 Å². The zero-order valence-corrected chi connectivity index (χ0v) is 12.7. The van der Waals surface area contributed by atoms with Gasteiger partial charge in [0, 0.05) is 31.4 Å². The van der Waals surface area contributed by atoms with Gasteiger partial charge >= 0.3 is 6.03 Å². The van der Waals surface area contributed by atoms with Gasteiger partial charge in [-0.3, -0.25) is 10.1 Å². The molecule has 24 heavy (non-hydrogen) atoms. The Bertz CT molecular complexity index is 882. The zero-order valence-electron chi connectivity index (χ0n) is 12.7. The Kier molecular flexibility index (Phi) is 2.53. The molecule has 5 rings (SSSR count). The molecule has 0 aromatic carbocycles. The van der Waals surface area contributed by atoms with Crippen LogP contribution in [0, 0.1) is 5.92 Å². The number of nitrogens with zero attached hydrogens (tertiary/aromatic N) is 4. The largest absolute Gasteiger partial charge is 0.365 e. The third-order valence-electron chi connectivity index (χ3n) is 5.13. The number of alkyl halides is 1. The zero-order chi connectivity index (χ0) is 16.5. The number of urea groups is 1. The maximum absolute atomic E-state index is 14.3. The van der Waals surface area contributed by atoms with Crippen LogP contribution in [-0.4, -0.2) is 51.8 Å². The van der Waals surface area contributed by atoms with Gasteiger partial charge in [-0.05, 0) is 12.5 Å². The monoisotopic (exact) mass is 330 g/mol. The van der Waals surface area contributed by atoms with Crippen molar-refractivity contribution in [2.45, 2.75) is 18.0 Å². The Morgan fingerprint density at radius 2 is 2.25 bits per heavy atom. The lowest BCUT2D eigenvalue weighted by Crippen LogP contribution is -2.51. The number of nitrogens with one attached hydrogen (secondary N) is 2. The molecule has 2 N–H and O–H groups in total. The number of fused-ring (bicyclic) bond motifs is 2. The Morgan fingerprint density at radius 1 is 1.38 bits per heavy atom. The molecule has 2 aliphatic heterocycles. The molecule has 3 amide bonds. The van der Waals surface area contributed by atoms with Gasteiger partial charge in [0.1, 0.15) is 5.67 Å². The number of amides is 3. The number of halogens is 1. The van der Waals surface area contributed by atoms with Gasteiger partial charge in [0.15, 0.2) is 5.65 Å². The van der Waals surface area contributed by atoms with Crippen molar-refractivity contribution in [3.8, 4) is 0 Å². The highest BCUT2D eigenvalue weighted by atomic mass is 19.1. The van der Waals surface area contributed by atoms with E-state index in [1.807, 2.05) is 4.90 Å². The smallest absolute Gasteiger partial charge is 0.321 e. The minimum absolute atomic E-state index is 0.0846. The van der Waals surface area contributed by atoms with Gasteiger partial charge in [0.2, 0.25) is 5.91 Å². The molecule has 3 fully saturated rings. The van der Waals surface area contributed by atoms with Crippen LogP contribution in [-0.2, 0) is 4.79 Å². The summed E-state index contributed by atoms with van der Waals surface area (Å²) >= 11 is 0. The van der Waals surface area contributed by atoms with Crippen LogP contribution in [0.1, 0.15) is 18.0 Å². The van der Waals surface area contributed by atoms with E-state index in [1.54, 1.807) is 23.0 Å². The fourth-order valence-electron chi connectivity index (χ4n) is 3.70. The average Bonchev–Trinajstić information content (AvgIpc) is 2.89. The lowest BCUT2D eigenvalue weighted by molar-refractivity contribution is -0.122. The molecule has 0 radical (unpaired) electrons. The molecular formula is C15H15FN6O2. The summed E-state index contributed by atoms with van der Waals surface area (Å²) < 4.78 is 15.9. The van der Waals surface area contributed by atoms with Crippen molar-refractivity contribution in [3.05, 3.63) is 24.2 Å². The molecule has 4 heterocycles. The average molecular weight is 330 g/mol. The second-order valence-corrected chi connectivity index (χ2v) is 6.72. The summed E-state index contributed by atoms with van der Waals surface area (Å²) in [5, 5.41) is 9.29. The number of piperidine rings is 1. The number of anilines is 1. The highest BCUT2D eigenvalue weighted by molar-refractivity contribution is 6.00. The van der Waals surface area contributed by atoms with Gasteiger partial charge in [-0.15, -0.1) is 0 Å². The minimum Gasteiger partial charge on any atom is -0.365 e. The summed E-state index contributed by atoms with van der Waals surface area (Å²) in [6.45, 7) is 1.18. The summed E-state index contributed by atoms with van der Waals surface area (Å²) in [5.41, 5.74) is 0.868. The molecule has 124 valence electrons. The second-order valence-electron chi connectivity index (χ2n) is 6.72. The summed E-state index contributed by atoms with van der Waals surface area (Å²) in [6.07, 6.45) is 3.95. The quantitative estimate of drug-likeness (QED) is 0.821. The number of carbonyl (C=O) groups excluding carboxylic acids is 2. The molecular weight excluding hydrogens is 315 g/mol. The summed E-state index contributed by atoms with van der Waals surface area (Å²) in [5.74, 6) is -0.881. The molecule has 0 spiro atoms. The minimum atomic E-state index is -1.08. The van der Waals surface area contributed by atoms with Crippen molar-refractivity contribution < 1.29 is 14.0 Å². The maximum atomic E-state index is 14.3. The predicted octanol–water partition coefficient (Wildman–Crippen LogP) is 0.200. The van der Waals surface area contributed by atoms with Gasteiger partial charge in [-0.25, -0.2) is 18.7 Å². The third kappa shape index (κ3) is 1.90. The number of aromatic nitrogens is 3. The second kappa shape index (κ2) is 4.43. The molecule has 8 nitrogen and oxygen atoms in total. The first kappa shape index (κ1) is 13.7. The van der Waals surface area contributed by atoms with Gasteiger partial charge in [-0.1, -0.05) is 0 Å². The van der Waals surface area contributed by atoms with E-state index in [0.29, 0.717) is 30.9 Å². The number of imidazole rings is 1. The van der Waals surface area contributed by atoms with Crippen molar-refractivity contribution >= 4 is 23.3 Å². The summed E-state index contributed by atoms with van der Waals surface area (Å²) in [4.78, 5) is 29.6. The number of rotatable bonds is 2. The van der Waals surface area contributed by atoms with Crippen molar-refractivity contribution in [1.29, 1.82) is 0 Å². The van der Waals surface area contributed by atoms with Crippen molar-refractivity contribution in [3.63, 3.8) is 0 Å². The SMILES string of the molecule is O=C1NCC(c2cc(N3CC4CC4(F)C3)c3nccn3n2)C(=O)N1. The van der Waals surface area contributed by atoms with E-state index in [4.69, 9.17) is 0 Å². The standard InChI is InChI=1S/C15H15FN6O2/c16-15-4-8(15)6-21(7-15)11-3-10(20-22-2-1-17-12(11)22)9-5-18-14(24)19-13(9)23/h1-3,8-9H,4-7H2,(H2,18,19,23,24). The Morgan fingerprint density at radius 3 is 3.00 bits per heavy atom. The molecule has 1 saturated carbocycles. The van der Waals surface area contributed by atoms with Crippen LogP contribution in [0.2, 0.25) is 0 Å². The van der Waals surface area contributed by atoms with E-state index < -0.39 is 17.6 Å². The van der Waals surface area contributed by atoms with E-state index in [1.165, 1.54) is 0 Å². The topological polar surface area (TPSA) is 91.6 Å². The van der Waals surface area contributed by atoms with E-state index >= 15 is 0 Å².